The predicted molar refractivity (Wildman–Crippen MR) is 101 cm³/mol. The second-order valence-corrected chi connectivity index (χ2v) is 6.92. The minimum atomic E-state index is 0.0302. The monoisotopic (exact) mass is 340 g/mol. The van der Waals surface area contributed by atoms with Crippen molar-refractivity contribution in [3.05, 3.63) is 58.7 Å². The first-order chi connectivity index (χ1) is 12.0. The summed E-state index contributed by atoms with van der Waals surface area (Å²) in [5, 5.41) is 0. The van der Waals surface area contributed by atoms with Gasteiger partial charge >= 0.3 is 0 Å². The van der Waals surface area contributed by atoms with Crippen molar-refractivity contribution < 1.29 is 9.47 Å². The quantitative estimate of drug-likeness (QED) is 0.905. The molecular weight excluding hydrogens is 312 g/mol. The maximum absolute atomic E-state index is 6.40. The highest BCUT2D eigenvalue weighted by Gasteiger charge is 2.31. The SMILES string of the molecule is COc1cc2c(cc1OC)C(C(C)N)N(Cc1ccc(C)cc1)CC2. The molecule has 1 aliphatic heterocycles. The summed E-state index contributed by atoms with van der Waals surface area (Å²) in [5.41, 5.74) is 11.6. The number of hydrogen-bond acceptors (Lipinski definition) is 4. The van der Waals surface area contributed by atoms with Crippen LogP contribution in [0.3, 0.4) is 0 Å². The Morgan fingerprint density at radius 3 is 2.36 bits per heavy atom. The fraction of sp³-hybridized carbons (Fsp3) is 0.429. The molecule has 0 amide bonds. The third-order valence-electron chi connectivity index (χ3n) is 5.03. The normalized spacial score (nSPS) is 18.5. The van der Waals surface area contributed by atoms with Crippen LogP contribution in [0.2, 0.25) is 0 Å². The third kappa shape index (κ3) is 3.65. The van der Waals surface area contributed by atoms with Crippen LogP contribution < -0.4 is 15.2 Å². The Labute approximate surface area is 150 Å². The van der Waals surface area contributed by atoms with Crippen molar-refractivity contribution in [2.24, 2.45) is 5.73 Å². The van der Waals surface area contributed by atoms with E-state index in [4.69, 9.17) is 15.2 Å². The zero-order chi connectivity index (χ0) is 18.0. The van der Waals surface area contributed by atoms with Crippen LogP contribution >= 0.6 is 0 Å². The molecule has 2 aromatic rings. The molecule has 0 bridgehead atoms. The Balaban J connectivity index is 1.94. The summed E-state index contributed by atoms with van der Waals surface area (Å²) in [4.78, 5) is 2.48. The van der Waals surface area contributed by atoms with Crippen LogP contribution in [0.5, 0.6) is 11.5 Å². The van der Waals surface area contributed by atoms with E-state index in [0.717, 1.165) is 31.0 Å². The average Bonchev–Trinajstić information content (AvgIpc) is 2.61. The number of ether oxygens (including phenoxy) is 2. The van der Waals surface area contributed by atoms with Crippen molar-refractivity contribution in [1.29, 1.82) is 0 Å². The standard InChI is InChI=1S/C21H28N2O2/c1-14-5-7-16(8-6-14)13-23-10-9-17-11-19(24-3)20(25-4)12-18(17)21(23)15(2)22/h5-8,11-12,15,21H,9-10,13,22H2,1-4H3. The highest BCUT2D eigenvalue weighted by atomic mass is 16.5. The lowest BCUT2D eigenvalue weighted by atomic mass is 9.88. The summed E-state index contributed by atoms with van der Waals surface area (Å²) in [6.07, 6.45) is 0.991. The number of methoxy groups -OCH3 is 2. The van der Waals surface area contributed by atoms with Gasteiger partial charge in [0.1, 0.15) is 0 Å². The molecule has 2 aromatic carbocycles. The largest absolute Gasteiger partial charge is 0.493 e. The van der Waals surface area contributed by atoms with Gasteiger partial charge in [0.2, 0.25) is 0 Å². The molecule has 0 aliphatic carbocycles. The smallest absolute Gasteiger partial charge is 0.161 e. The van der Waals surface area contributed by atoms with Crippen LogP contribution in [0.4, 0.5) is 0 Å². The van der Waals surface area contributed by atoms with Crippen LogP contribution in [-0.2, 0) is 13.0 Å². The van der Waals surface area contributed by atoms with Gasteiger partial charge in [-0.05, 0) is 49.1 Å². The highest BCUT2D eigenvalue weighted by molar-refractivity contribution is 5.50. The first-order valence-electron chi connectivity index (χ1n) is 8.83. The molecule has 0 saturated carbocycles. The highest BCUT2D eigenvalue weighted by Crippen LogP contribution is 2.39. The lowest BCUT2D eigenvalue weighted by Crippen LogP contribution is -2.43. The third-order valence-corrected chi connectivity index (χ3v) is 5.03. The fourth-order valence-electron chi connectivity index (χ4n) is 3.75. The van der Waals surface area contributed by atoms with Crippen LogP contribution in [0.15, 0.2) is 36.4 Å². The van der Waals surface area contributed by atoms with Gasteiger partial charge in [0.05, 0.1) is 20.3 Å². The van der Waals surface area contributed by atoms with E-state index in [1.54, 1.807) is 14.2 Å². The summed E-state index contributed by atoms with van der Waals surface area (Å²) >= 11 is 0. The topological polar surface area (TPSA) is 47.7 Å². The van der Waals surface area contributed by atoms with E-state index in [1.807, 2.05) is 0 Å². The molecule has 3 rings (SSSR count). The summed E-state index contributed by atoms with van der Waals surface area (Å²) in [6.45, 7) is 6.09. The number of benzene rings is 2. The zero-order valence-electron chi connectivity index (χ0n) is 15.6. The maximum atomic E-state index is 6.40. The minimum absolute atomic E-state index is 0.0302. The lowest BCUT2D eigenvalue weighted by Gasteiger charge is -2.40. The molecule has 1 heterocycles. The molecule has 4 heteroatoms. The van der Waals surface area contributed by atoms with Crippen LogP contribution in [0, 0.1) is 6.92 Å². The van der Waals surface area contributed by atoms with Crippen molar-refractivity contribution >= 4 is 0 Å². The number of hydrogen-bond donors (Lipinski definition) is 1. The van der Waals surface area contributed by atoms with Gasteiger partial charge in [0.15, 0.2) is 11.5 Å². The molecule has 25 heavy (non-hydrogen) atoms. The van der Waals surface area contributed by atoms with Crippen molar-refractivity contribution in [1.82, 2.24) is 4.90 Å². The Hall–Kier alpha value is -2.04. The van der Waals surface area contributed by atoms with Crippen molar-refractivity contribution in [2.45, 2.75) is 38.9 Å². The molecule has 0 fully saturated rings. The van der Waals surface area contributed by atoms with E-state index in [0.29, 0.717) is 0 Å². The summed E-state index contributed by atoms with van der Waals surface area (Å²) in [7, 11) is 3.36. The number of nitrogens with two attached hydrogens (primary N) is 1. The molecule has 0 spiro atoms. The predicted octanol–water partition coefficient (Wildman–Crippen LogP) is 3.46. The average molecular weight is 340 g/mol. The molecule has 0 aromatic heterocycles. The van der Waals surface area contributed by atoms with E-state index in [-0.39, 0.29) is 12.1 Å². The van der Waals surface area contributed by atoms with Gasteiger partial charge in [-0.15, -0.1) is 0 Å². The first kappa shape index (κ1) is 17.8. The van der Waals surface area contributed by atoms with Crippen molar-refractivity contribution in [3.63, 3.8) is 0 Å². The van der Waals surface area contributed by atoms with Gasteiger partial charge in [-0.25, -0.2) is 0 Å². The van der Waals surface area contributed by atoms with Crippen molar-refractivity contribution in [3.8, 4) is 11.5 Å². The number of aryl methyl sites for hydroxylation is 1. The van der Waals surface area contributed by atoms with Gasteiger partial charge in [-0.2, -0.15) is 0 Å². The van der Waals surface area contributed by atoms with Gasteiger partial charge < -0.3 is 15.2 Å². The van der Waals surface area contributed by atoms with Crippen molar-refractivity contribution in [2.75, 3.05) is 20.8 Å². The molecule has 0 radical (unpaired) electrons. The second-order valence-electron chi connectivity index (χ2n) is 6.92. The molecule has 2 unspecified atom stereocenters. The van der Waals surface area contributed by atoms with Gasteiger partial charge in [-0.1, -0.05) is 29.8 Å². The van der Waals surface area contributed by atoms with Gasteiger partial charge in [0, 0.05) is 19.1 Å². The maximum Gasteiger partial charge on any atom is 0.161 e. The Morgan fingerprint density at radius 1 is 1.12 bits per heavy atom. The number of nitrogens with zero attached hydrogens (tertiary/aromatic N) is 1. The fourth-order valence-corrected chi connectivity index (χ4v) is 3.75. The summed E-state index contributed by atoms with van der Waals surface area (Å²) in [5.74, 6) is 1.56. The molecule has 2 N–H and O–H groups in total. The second kappa shape index (κ2) is 7.46. The van der Waals surface area contributed by atoms with Crippen LogP contribution in [0.25, 0.3) is 0 Å². The molecule has 0 saturated heterocycles. The summed E-state index contributed by atoms with van der Waals surface area (Å²) < 4.78 is 11.0. The van der Waals surface area contributed by atoms with E-state index in [1.165, 1.54) is 22.3 Å². The van der Waals surface area contributed by atoms with Gasteiger partial charge in [0.25, 0.3) is 0 Å². The molecular formula is C21H28N2O2. The van der Waals surface area contributed by atoms with E-state index < -0.39 is 0 Å². The molecule has 1 aliphatic rings. The lowest BCUT2D eigenvalue weighted by molar-refractivity contribution is 0.155. The number of rotatable bonds is 5. The van der Waals surface area contributed by atoms with Gasteiger partial charge in [-0.3, -0.25) is 4.90 Å². The zero-order valence-corrected chi connectivity index (χ0v) is 15.6. The van der Waals surface area contributed by atoms with E-state index in [2.05, 4.69) is 55.1 Å². The molecule has 4 nitrogen and oxygen atoms in total. The minimum Gasteiger partial charge on any atom is -0.493 e. The van der Waals surface area contributed by atoms with E-state index >= 15 is 0 Å². The summed E-state index contributed by atoms with van der Waals surface area (Å²) in [6, 6.07) is 13.2. The Bertz CT molecular complexity index is 725. The van der Waals surface area contributed by atoms with Crippen LogP contribution in [-0.4, -0.2) is 31.7 Å². The molecule has 134 valence electrons. The first-order valence-corrected chi connectivity index (χ1v) is 8.83. The van der Waals surface area contributed by atoms with Crippen LogP contribution in [0.1, 0.15) is 35.2 Å². The Kier molecular flexibility index (Phi) is 5.30. The van der Waals surface area contributed by atoms with E-state index in [9.17, 15) is 0 Å². The molecule has 2 atom stereocenters. The Morgan fingerprint density at radius 2 is 1.76 bits per heavy atom. The number of fused-ring (bicyclic) bond motifs is 1.